The lowest BCUT2D eigenvalue weighted by molar-refractivity contribution is 0.104. The number of carbonyl (C=O) groups is 1. The van der Waals surface area contributed by atoms with Gasteiger partial charge in [-0.3, -0.25) is 4.79 Å². The van der Waals surface area contributed by atoms with Gasteiger partial charge in [0.05, 0.1) is 11.7 Å². The predicted octanol–water partition coefficient (Wildman–Crippen LogP) is 2.44. The number of ketones is 1. The molecule has 4 nitrogen and oxygen atoms in total. The number of ether oxygens (including phenoxy) is 1. The van der Waals surface area contributed by atoms with E-state index in [2.05, 4.69) is 0 Å². The fraction of sp³-hybridized carbons (Fsp3) is 0.357. The summed E-state index contributed by atoms with van der Waals surface area (Å²) in [5.41, 5.74) is 0.268. The lowest BCUT2D eigenvalue weighted by atomic mass is 10.1. The lowest BCUT2D eigenvalue weighted by Gasteiger charge is -2.11. The average molecular weight is 249 g/mol. The molecule has 0 radical (unpaired) electrons. The highest BCUT2D eigenvalue weighted by Gasteiger charge is 2.10. The van der Waals surface area contributed by atoms with E-state index >= 15 is 0 Å². The minimum absolute atomic E-state index is 0.0274. The summed E-state index contributed by atoms with van der Waals surface area (Å²) >= 11 is 0. The van der Waals surface area contributed by atoms with E-state index in [1.165, 1.54) is 12.1 Å². The van der Waals surface area contributed by atoms with E-state index in [-0.39, 0.29) is 23.2 Å². The van der Waals surface area contributed by atoms with Crippen molar-refractivity contribution in [2.75, 3.05) is 14.1 Å². The molecule has 1 N–H and O–H groups in total. The smallest absolute Gasteiger partial charge is 0.190 e. The second kappa shape index (κ2) is 6.10. The molecule has 0 amide bonds. The third-order valence-corrected chi connectivity index (χ3v) is 2.13. The van der Waals surface area contributed by atoms with Crippen LogP contribution in [-0.4, -0.2) is 36.0 Å². The molecule has 0 fully saturated rings. The molecular formula is C14H19NO3. The Balaban J connectivity index is 2.88. The Morgan fingerprint density at radius 2 is 2.06 bits per heavy atom. The summed E-state index contributed by atoms with van der Waals surface area (Å²) in [6, 6.07) is 4.70. The Bertz CT molecular complexity index is 450. The minimum atomic E-state index is -0.239. The summed E-state index contributed by atoms with van der Waals surface area (Å²) < 4.78 is 5.43. The molecular weight excluding hydrogens is 230 g/mol. The van der Waals surface area contributed by atoms with Gasteiger partial charge >= 0.3 is 0 Å². The van der Waals surface area contributed by atoms with Gasteiger partial charge in [-0.15, -0.1) is 0 Å². The Hall–Kier alpha value is -1.97. The molecule has 4 heteroatoms. The van der Waals surface area contributed by atoms with Crippen LogP contribution in [0.1, 0.15) is 24.2 Å². The zero-order chi connectivity index (χ0) is 13.7. The third kappa shape index (κ3) is 4.13. The summed E-state index contributed by atoms with van der Waals surface area (Å²) in [7, 11) is 3.65. The highest BCUT2D eigenvalue weighted by molar-refractivity contribution is 6.06. The van der Waals surface area contributed by atoms with Crippen LogP contribution in [0.5, 0.6) is 11.5 Å². The fourth-order valence-corrected chi connectivity index (χ4v) is 1.37. The largest absolute Gasteiger partial charge is 0.507 e. The van der Waals surface area contributed by atoms with Crippen molar-refractivity contribution in [3.05, 3.63) is 36.0 Å². The monoisotopic (exact) mass is 249 g/mol. The zero-order valence-electron chi connectivity index (χ0n) is 11.2. The second-order valence-electron chi connectivity index (χ2n) is 4.49. The average Bonchev–Trinajstić information content (AvgIpc) is 2.25. The number of aromatic hydroxyl groups is 1. The zero-order valence-corrected chi connectivity index (χ0v) is 11.2. The number of phenols is 1. The Morgan fingerprint density at radius 1 is 1.39 bits per heavy atom. The van der Waals surface area contributed by atoms with E-state index in [4.69, 9.17) is 4.74 Å². The van der Waals surface area contributed by atoms with Crippen LogP contribution in [0, 0.1) is 0 Å². The van der Waals surface area contributed by atoms with Gasteiger partial charge in [0.15, 0.2) is 5.78 Å². The number of nitrogens with zero attached hydrogens (tertiary/aromatic N) is 1. The van der Waals surface area contributed by atoms with Gasteiger partial charge in [0.1, 0.15) is 11.5 Å². The van der Waals surface area contributed by atoms with Crippen LogP contribution >= 0.6 is 0 Å². The standard InChI is InChI=1S/C14H19NO3/c1-10(2)18-11-5-6-12(14(17)9-11)13(16)7-8-15(3)4/h5-10,17H,1-4H3. The van der Waals surface area contributed by atoms with Crippen LogP contribution in [0.2, 0.25) is 0 Å². The van der Waals surface area contributed by atoms with Crippen molar-refractivity contribution in [2.24, 2.45) is 0 Å². The van der Waals surface area contributed by atoms with Gasteiger partial charge in [-0.2, -0.15) is 0 Å². The van der Waals surface area contributed by atoms with Gasteiger partial charge in [0.2, 0.25) is 0 Å². The molecule has 0 aliphatic heterocycles. The number of carbonyl (C=O) groups excluding carboxylic acids is 1. The lowest BCUT2D eigenvalue weighted by Crippen LogP contribution is -2.06. The summed E-state index contributed by atoms with van der Waals surface area (Å²) in [5, 5.41) is 9.79. The topological polar surface area (TPSA) is 49.8 Å². The molecule has 1 aromatic rings. The molecule has 0 unspecified atom stereocenters. The Labute approximate surface area is 107 Å². The van der Waals surface area contributed by atoms with Crippen molar-refractivity contribution in [1.29, 1.82) is 0 Å². The molecule has 0 saturated heterocycles. The molecule has 0 heterocycles. The highest BCUT2D eigenvalue weighted by Crippen LogP contribution is 2.25. The van der Waals surface area contributed by atoms with E-state index in [1.54, 1.807) is 23.2 Å². The fourth-order valence-electron chi connectivity index (χ4n) is 1.37. The van der Waals surface area contributed by atoms with Gasteiger partial charge in [0.25, 0.3) is 0 Å². The van der Waals surface area contributed by atoms with Gasteiger partial charge in [-0.25, -0.2) is 0 Å². The number of allylic oxidation sites excluding steroid dienone is 1. The van der Waals surface area contributed by atoms with Crippen molar-refractivity contribution in [3.8, 4) is 11.5 Å². The van der Waals surface area contributed by atoms with Crippen LogP contribution in [0.15, 0.2) is 30.5 Å². The molecule has 0 spiro atoms. The maximum absolute atomic E-state index is 11.8. The van der Waals surface area contributed by atoms with Crippen molar-refractivity contribution in [3.63, 3.8) is 0 Å². The molecule has 0 aromatic heterocycles. The molecule has 98 valence electrons. The summed E-state index contributed by atoms with van der Waals surface area (Å²) in [6.45, 7) is 3.80. The normalized spacial score (nSPS) is 10.9. The van der Waals surface area contributed by atoms with Crippen LogP contribution in [0.4, 0.5) is 0 Å². The minimum Gasteiger partial charge on any atom is -0.507 e. The van der Waals surface area contributed by atoms with E-state index in [0.29, 0.717) is 5.75 Å². The maximum Gasteiger partial charge on any atom is 0.190 e. The van der Waals surface area contributed by atoms with Crippen molar-refractivity contribution in [1.82, 2.24) is 4.90 Å². The summed E-state index contributed by atoms with van der Waals surface area (Å²) in [4.78, 5) is 13.5. The molecule has 18 heavy (non-hydrogen) atoms. The first-order chi connectivity index (χ1) is 8.40. The van der Waals surface area contributed by atoms with Gasteiger partial charge in [-0.05, 0) is 26.0 Å². The first-order valence-electron chi connectivity index (χ1n) is 5.78. The molecule has 0 atom stereocenters. The number of rotatable bonds is 5. The number of hydrogen-bond acceptors (Lipinski definition) is 4. The van der Waals surface area contributed by atoms with Crippen LogP contribution < -0.4 is 4.74 Å². The van der Waals surface area contributed by atoms with Crippen LogP contribution in [0.25, 0.3) is 0 Å². The molecule has 0 saturated carbocycles. The molecule has 0 bridgehead atoms. The van der Waals surface area contributed by atoms with Crippen molar-refractivity contribution in [2.45, 2.75) is 20.0 Å². The Morgan fingerprint density at radius 3 is 2.56 bits per heavy atom. The second-order valence-corrected chi connectivity index (χ2v) is 4.49. The molecule has 1 rings (SSSR count). The van der Waals surface area contributed by atoms with Gasteiger partial charge in [-0.1, -0.05) is 0 Å². The molecule has 0 aliphatic carbocycles. The van der Waals surface area contributed by atoms with E-state index < -0.39 is 0 Å². The SMILES string of the molecule is CC(C)Oc1ccc(C(=O)C=CN(C)C)c(O)c1. The van der Waals surface area contributed by atoms with Crippen molar-refractivity contribution < 1.29 is 14.6 Å². The Kier molecular flexibility index (Phi) is 4.77. The van der Waals surface area contributed by atoms with Crippen molar-refractivity contribution >= 4 is 5.78 Å². The maximum atomic E-state index is 11.8. The molecule has 1 aromatic carbocycles. The van der Waals surface area contributed by atoms with E-state index in [0.717, 1.165) is 0 Å². The van der Waals surface area contributed by atoms with E-state index in [1.807, 2.05) is 27.9 Å². The summed E-state index contributed by atoms with van der Waals surface area (Å²) in [6.07, 6.45) is 3.08. The molecule has 0 aliphatic rings. The van der Waals surface area contributed by atoms with E-state index in [9.17, 15) is 9.90 Å². The summed E-state index contributed by atoms with van der Waals surface area (Å²) in [5.74, 6) is 0.245. The number of phenolic OH excluding ortho intramolecular Hbond substituents is 1. The van der Waals surface area contributed by atoms with Crippen LogP contribution in [0.3, 0.4) is 0 Å². The van der Waals surface area contributed by atoms with Gasteiger partial charge in [0, 0.05) is 32.4 Å². The highest BCUT2D eigenvalue weighted by atomic mass is 16.5. The quantitative estimate of drug-likeness (QED) is 0.643. The first-order valence-corrected chi connectivity index (χ1v) is 5.78. The third-order valence-electron chi connectivity index (χ3n) is 2.13. The predicted molar refractivity (Wildman–Crippen MR) is 71.0 cm³/mol. The van der Waals surface area contributed by atoms with Gasteiger partial charge < -0.3 is 14.7 Å². The first kappa shape index (κ1) is 14.1. The number of hydrogen-bond donors (Lipinski definition) is 1. The number of benzene rings is 1. The van der Waals surface area contributed by atoms with Crippen LogP contribution in [-0.2, 0) is 0 Å².